The van der Waals surface area contributed by atoms with E-state index < -0.39 is 0 Å². The van der Waals surface area contributed by atoms with Crippen molar-refractivity contribution in [3.63, 3.8) is 0 Å². The smallest absolute Gasteiger partial charge is 0.319 e. The highest BCUT2D eigenvalue weighted by Crippen LogP contribution is 2.19. The van der Waals surface area contributed by atoms with Gasteiger partial charge in [-0.15, -0.1) is 11.8 Å². The predicted octanol–water partition coefficient (Wildman–Crippen LogP) is 3.83. The molecule has 3 amide bonds. The highest BCUT2D eigenvalue weighted by Gasteiger charge is 2.25. The number of nitrogens with zero attached hydrogens (tertiary/aromatic N) is 1. The molecule has 3 rings (SSSR count). The highest BCUT2D eigenvalue weighted by molar-refractivity contribution is 7.98. The number of piperidine rings is 1. The summed E-state index contributed by atoms with van der Waals surface area (Å²) >= 11 is 1.63. The molecule has 5 nitrogen and oxygen atoms in total. The molecule has 2 N–H and O–H groups in total. The Balaban J connectivity index is 1.56. The number of carbonyl (C=O) groups is 2. The van der Waals surface area contributed by atoms with E-state index in [4.69, 9.17) is 0 Å². The number of carbonyl (C=O) groups excluding carboxylic acids is 2. The van der Waals surface area contributed by atoms with Gasteiger partial charge < -0.3 is 15.5 Å². The molecule has 0 radical (unpaired) electrons. The van der Waals surface area contributed by atoms with Crippen LogP contribution in [0, 0.1) is 0 Å². The van der Waals surface area contributed by atoms with Crippen LogP contribution in [0.1, 0.15) is 23.2 Å². The number of amides is 3. The fraction of sp³-hybridized carbons (Fsp3) is 0.300. The summed E-state index contributed by atoms with van der Waals surface area (Å²) in [4.78, 5) is 27.8. The van der Waals surface area contributed by atoms with Gasteiger partial charge in [0, 0.05) is 35.3 Å². The van der Waals surface area contributed by atoms with Crippen LogP contribution < -0.4 is 10.6 Å². The van der Waals surface area contributed by atoms with Crippen LogP contribution in [-0.4, -0.2) is 42.2 Å². The Morgan fingerprint density at radius 2 is 1.92 bits per heavy atom. The Morgan fingerprint density at radius 3 is 2.69 bits per heavy atom. The number of rotatable bonds is 4. The second-order valence-electron chi connectivity index (χ2n) is 6.29. The standard InChI is InChI=1S/C20H23N3O2S/c1-26-18-11-5-9-16(13-18)21-20(25)22-17-10-6-12-23(14-17)19(24)15-7-3-2-4-8-15/h2-5,7-9,11,13,17H,6,10,12,14H2,1H3,(H2,21,22,25). The largest absolute Gasteiger partial charge is 0.337 e. The summed E-state index contributed by atoms with van der Waals surface area (Å²) in [6.45, 7) is 1.26. The van der Waals surface area contributed by atoms with Crippen LogP contribution in [0.3, 0.4) is 0 Å². The molecule has 1 fully saturated rings. The van der Waals surface area contributed by atoms with Gasteiger partial charge in [-0.2, -0.15) is 0 Å². The van der Waals surface area contributed by atoms with Gasteiger partial charge in [-0.05, 0) is 49.4 Å². The fourth-order valence-electron chi connectivity index (χ4n) is 3.10. The fourth-order valence-corrected chi connectivity index (χ4v) is 3.56. The van der Waals surface area contributed by atoms with Crippen molar-refractivity contribution in [2.45, 2.75) is 23.8 Å². The molecular weight excluding hydrogens is 346 g/mol. The number of urea groups is 1. The van der Waals surface area contributed by atoms with Gasteiger partial charge in [-0.25, -0.2) is 4.79 Å². The lowest BCUT2D eigenvalue weighted by Crippen LogP contribution is -2.50. The summed E-state index contributed by atoms with van der Waals surface area (Å²) in [6, 6.07) is 16.7. The van der Waals surface area contributed by atoms with Crippen LogP contribution in [-0.2, 0) is 0 Å². The summed E-state index contributed by atoms with van der Waals surface area (Å²) in [6.07, 6.45) is 3.75. The van der Waals surface area contributed by atoms with Crippen molar-refractivity contribution in [3.05, 3.63) is 60.2 Å². The molecule has 26 heavy (non-hydrogen) atoms. The summed E-state index contributed by atoms with van der Waals surface area (Å²) in [5.74, 6) is 0.0187. The molecule has 1 saturated heterocycles. The van der Waals surface area contributed by atoms with E-state index in [1.807, 2.05) is 65.8 Å². The molecule has 1 aliphatic rings. The highest BCUT2D eigenvalue weighted by atomic mass is 32.2. The maximum atomic E-state index is 12.6. The Kier molecular flexibility index (Phi) is 6.17. The third-order valence-corrected chi connectivity index (χ3v) is 5.12. The van der Waals surface area contributed by atoms with Gasteiger partial charge in [0.05, 0.1) is 0 Å². The van der Waals surface area contributed by atoms with E-state index in [9.17, 15) is 9.59 Å². The van der Waals surface area contributed by atoms with Crippen LogP contribution >= 0.6 is 11.8 Å². The lowest BCUT2D eigenvalue weighted by molar-refractivity contribution is 0.0698. The maximum Gasteiger partial charge on any atom is 0.319 e. The molecule has 0 aliphatic carbocycles. The summed E-state index contributed by atoms with van der Waals surface area (Å²) in [5, 5.41) is 5.86. The zero-order valence-electron chi connectivity index (χ0n) is 14.8. The van der Waals surface area contributed by atoms with Gasteiger partial charge in [0.25, 0.3) is 5.91 Å². The van der Waals surface area contributed by atoms with Gasteiger partial charge in [0.1, 0.15) is 0 Å². The van der Waals surface area contributed by atoms with Gasteiger partial charge in [-0.3, -0.25) is 4.79 Å². The lowest BCUT2D eigenvalue weighted by atomic mass is 10.0. The van der Waals surface area contributed by atoms with Gasteiger partial charge in [0.2, 0.25) is 0 Å². The predicted molar refractivity (Wildman–Crippen MR) is 106 cm³/mol. The van der Waals surface area contributed by atoms with E-state index in [-0.39, 0.29) is 18.0 Å². The average molecular weight is 369 g/mol. The summed E-state index contributed by atoms with van der Waals surface area (Å²) in [5.41, 5.74) is 1.45. The third-order valence-electron chi connectivity index (χ3n) is 4.39. The first-order valence-corrected chi connectivity index (χ1v) is 9.94. The molecule has 2 aromatic rings. The van der Waals surface area contributed by atoms with Gasteiger partial charge >= 0.3 is 6.03 Å². The monoisotopic (exact) mass is 369 g/mol. The van der Waals surface area contributed by atoms with E-state index in [1.54, 1.807) is 11.8 Å². The first kappa shape index (κ1) is 18.3. The van der Waals surface area contributed by atoms with Crippen LogP contribution in [0.4, 0.5) is 10.5 Å². The minimum atomic E-state index is -0.234. The van der Waals surface area contributed by atoms with Crippen molar-refractivity contribution < 1.29 is 9.59 Å². The second-order valence-corrected chi connectivity index (χ2v) is 7.17. The first-order chi connectivity index (χ1) is 12.7. The zero-order valence-corrected chi connectivity index (χ0v) is 15.6. The number of likely N-dealkylation sites (tertiary alicyclic amines) is 1. The number of anilines is 1. The van der Waals surface area contributed by atoms with Crippen molar-refractivity contribution in [1.82, 2.24) is 10.2 Å². The van der Waals surface area contributed by atoms with Crippen molar-refractivity contribution in [1.29, 1.82) is 0 Å². The SMILES string of the molecule is CSc1cccc(NC(=O)NC2CCCN(C(=O)c3ccccc3)C2)c1. The van der Waals surface area contributed by atoms with E-state index >= 15 is 0 Å². The lowest BCUT2D eigenvalue weighted by Gasteiger charge is -2.33. The van der Waals surface area contributed by atoms with E-state index in [0.29, 0.717) is 12.1 Å². The Hall–Kier alpha value is -2.47. The Morgan fingerprint density at radius 1 is 1.12 bits per heavy atom. The van der Waals surface area contributed by atoms with Crippen molar-refractivity contribution in [2.75, 3.05) is 24.7 Å². The second kappa shape index (κ2) is 8.76. The summed E-state index contributed by atoms with van der Waals surface area (Å²) in [7, 11) is 0. The molecule has 0 saturated carbocycles. The Labute approximate surface area is 158 Å². The zero-order chi connectivity index (χ0) is 18.4. The van der Waals surface area contributed by atoms with Crippen LogP contribution in [0.15, 0.2) is 59.5 Å². The topological polar surface area (TPSA) is 61.4 Å². The number of nitrogens with one attached hydrogen (secondary N) is 2. The molecule has 1 aliphatic heterocycles. The van der Waals surface area contributed by atoms with Gasteiger partial charge in [-0.1, -0.05) is 24.3 Å². The first-order valence-electron chi connectivity index (χ1n) is 8.71. The molecule has 0 spiro atoms. The van der Waals surface area contributed by atoms with Crippen molar-refractivity contribution in [2.24, 2.45) is 0 Å². The molecule has 0 aromatic heterocycles. The van der Waals surface area contributed by atoms with Crippen LogP contribution in [0.25, 0.3) is 0 Å². The molecule has 0 bridgehead atoms. The number of hydrogen-bond acceptors (Lipinski definition) is 3. The molecule has 1 unspecified atom stereocenters. The molecular formula is C20H23N3O2S. The normalized spacial score (nSPS) is 16.8. The minimum absolute atomic E-state index is 0.0187. The average Bonchev–Trinajstić information content (AvgIpc) is 2.68. The van der Waals surface area contributed by atoms with Crippen molar-refractivity contribution >= 4 is 29.4 Å². The molecule has 136 valence electrons. The van der Waals surface area contributed by atoms with Crippen LogP contribution in [0.5, 0.6) is 0 Å². The number of hydrogen-bond donors (Lipinski definition) is 2. The van der Waals surface area contributed by atoms with E-state index in [0.717, 1.165) is 30.0 Å². The minimum Gasteiger partial charge on any atom is -0.337 e. The summed E-state index contributed by atoms with van der Waals surface area (Å²) < 4.78 is 0. The third kappa shape index (κ3) is 4.79. The molecule has 6 heteroatoms. The number of benzene rings is 2. The van der Waals surface area contributed by atoms with E-state index in [2.05, 4.69) is 10.6 Å². The maximum absolute atomic E-state index is 12.6. The Bertz CT molecular complexity index is 767. The quantitative estimate of drug-likeness (QED) is 0.805. The van der Waals surface area contributed by atoms with Crippen molar-refractivity contribution in [3.8, 4) is 0 Å². The van der Waals surface area contributed by atoms with Crippen LogP contribution in [0.2, 0.25) is 0 Å². The molecule has 1 atom stereocenters. The van der Waals surface area contributed by atoms with Gasteiger partial charge in [0.15, 0.2) is 0 Å². The molecule has 1 heterocycles. The molecule has 2 aromatic carbocycles. The van der Waals surface area contributed by atoms with E-state index in [1.165, 1.54) is 0 Å². The number of thioether (sulfide) groups is 1.